The Balaban J connectivity index is 1.30. The van der Waals surface area contributed by atoms with Gasteiger partial charge in [-0.25, -0.2) is 0 Å². The van der Waals surface area contributed by atoms with Crippen LogP contribution in [-0.4, -0.2) is 64.9 Å². The molecule has 2 N–H and O–H groups in total. The number of pyridine rings is 1. The van der Waals surface area contributed by atoms with Crippen LogP contribution < -0.4 is 9.47 Å². The molecule has 1 unspecified atom stereocenters. The van der Waals surface area contributed by atoms with Crippen LogP contribution in [0, 0.1) is 11.8 Å². The van der Waals surface area contributed by atoms with E-state index in [9.17, 15) is 28.2 Å². The molecule has 0 spiro atoms. The molecule has 1 fully saturated rings. The molecular formula is C28H31F3N2O5S. The summed E-state index contributed by atoms with van der Waals surface area (Å²) >= 11 is 1.40. The fraction of sp³-hybridized carbons (Fsp3) is 0.429. The van der Waals surface area contributed by atoms with Crippen molar-refractivity contribution in [1.82, 2.24) is 9.88 Å². The van der Waals surface area contributed by atoms with Crippen LogP contribution in [-0.2, 0) is 4.79 Å². The van der Waals surface area contributed by atoms with Crippen molar-refractivity contribution in [2.45, 2.75) is 36.6 Å². The number of aliphatic hydroxyl groups is 1. The number of benzene rings is 2. The van der Waals surface area contributed by atoms with Gasteiger partial charge in [0, 0.05) is 35.3 Å². The van der Waals surface area contributed by atoms with E-state index in [-0.39, 0.29) is 11.7 Å². The van der Waals surface area contributed by atoms with Crippen LogP contribution in [0.15, 0.2) is 59.6 Å². The molecule has 11 heteroatoms. The Labute approximate surface area is 228 Å². The van der Waals surface area contributed by atoms with Gasteiger partial charge in [0.05, 0.1) is 24.6 Å². The molecule has 210 valence electrons. The Morgan fingerprint density at radius 2 is 2.03 bits per heavy atom. The maximum Gasteiger partial charge on any atom is 0.573 e. The van der Waals surface area contributed by atoms with E-state index >= 15 is 0 Å². The number of hydrogen-bond donors (Lipinski definition) is 2. The molecule has 1 saturated heterocycles. The molecule has 2 aromatic carbocycles. The molecule has 1 aliphatic rings. The number of piperidine rings is 1. The first-order valence-electron chi connectivity index (χ1n) is 12.7. The van der Waals surface area contributed by atoms with Crippen LogP contribution in [0.4, 0.5) is 13.2 Å². The molecule has 3 aromatic rings. The Kier molecular flexibility index (Phi) is 9.58. The van der Waals surface area contributed by atoms with Gasteiger partial charge in [-0.05, 0) is 79.8 Å². The zero-order chi connectivity index (χ0) is 28.0. The lowest BCUT2D eigenvalue weighted by atomic mass is 9.81. The average Bonchev–Trinajstić information content (AvgIpc) is 2.90. The minimum Gasteiger partial charge on any atom is -0.497 e. The predicted molar refractivity (Wildman–Crippen MR) is 142 cm³/mol. The van der Waals surface area contributed by atoms with Gasteiger partial charge >= 0.3 is 12.3 Å². The van der Waals surface area contributed by atoms with Crippen molar-refractivity contribution in [2.75, 3.05) is 32.5 Å². The second-order valence-electron chi connectivity index (χ2n) is 9.54. The molecule has 4 rings (SSSR count). The molecule has 0 bridgehead atoms. The highest BCUT2D eigenvalue weighted by Crippen LogP contribution is 2.34. The second-order valence-corrected chi connectivity index (χ2v) is 10.7. The van der Waals surface area contributed by atoms with Crippen LogP contribution in [0.25, 0.3) is 10.9 Å². The minimum absolute atomic E-state index is 0.0695. The highest BCUT2D eigenvalue weighted by Gasteiger charge is 2.34. The lowest BCUT2D eigenvalue weighted by molar-refractivity contribution is -0.274. The third kappa shape index (κ3) is 8.00. The monoisotopic (exact) mass is 564 g/mol. The number of alkyl halides is 3. The van der Waals surface area contributed by atoms with Gasteiger partial charge < -0.3 is 24.6 Å². The number of likely N-dealkylation sites (tertiary alicyclic amines) is 1. The van der Waals surface area contributed by atoms with E-state index in [0.717, 1.165) is 23.0 Å². The number of rotatable bonds is 11. The van der Waals surface area contributed by atoms with Crippen molar-refractivity contribution in [2.24, 2.45) is 11.8 Å². The Bertz CT molecular complexity index is 1280. The second kappa shape index (κ2) is 12.9. The fourth-order valence-corrected chi connectivity index (χ4v) is 6.00. The number of fused-ring (bicyclic) bond motifs is 1. The van der Waals surface area contributed by atoms with Crippen LogP contribution in [0.1, 0.15) is 30.9 Å². The summed E-state index contributed by atoms with van der Waals surface area (Å²) in [5.74, 6) is -0.483. The van der Waals surface area contributed by atoms with Crippen molar-refractivity contribution in [3.63, 3.8) is 0 Å². The minimum atomic E-state index is -4.74. The number of aliphatic carboxylic acids is 1. The number of halogens is 3. The van der Waals surface area contributed by atoms with Crippen molar-refractivity contribution >= 4 is 28.6 Å². The van der Waals surface area contributed by atoms with Crippen molar-refractivity contribution in [3.8, 4) is 11.5 Å². The normalized spacial score (nSPS) is 19.1. The Hall–Kier alpha value is -3.02. The summed E-state index contributed by atoms with van der Waals surface area (Å²) in [5.41, 5.74) is 1.49. The number of nitrogens with zero attached hydrogens (tertiary/aromatic N) is 2. The first-order valence-corrected chi connectivity index (χ1v) is 13.7. The highest BCUT2D eigenvalue weighted by molar-refractivity contribution is 7.99. The van der Waals surface area contributed by atoms with E-state index in [0.29, 0.717) is 48.7 Å². The van der Waals surface area contributed by atoms with Crippen LogP contribution in [0.2, 0.25) is 0 Å². The zero-order valence-electron chi connectivity index (χ0n) is 21.4. The number of carbonyl (C=O) groups is 1. The van der Waals surface area contributed by atoms with Crippen LogP contribution in [0.5, 0.6) is 11.5 Å². The van der Waals surface area contributed by atoms with Gasteiger partial charge in [0.2, 0.25) is 0 Å². The number of hydrogen-bond acceptors (Lipinski definition) is 7. The standard InChI is InChI=1S/C28H31F3N2O5S/c1-37-19-6-7-25-23(16-19)22(9-11-32-25)26(34)8-5-18-10-12-33(17-24(18)27(35)36)13-14-39-21-4-2-3-20(15-21)38-28(29,30)31/h2-4,6-7,9,11,15-16,18,24,26,34H,5,8,10,12-14,17H2,1H3,(H,35,36)/t18-,24+,26?/m1/s1. The van der Waals surface area contributed by atoms with Gasteiger partial charge in [0.15, 0.2) is 0 Å². The summed E-state index contributed by atoms with van der Waals surface area (Å²) < 4.78 is 46.7. The molecule has 1 aliphatic heterocycles. The molecular weight excluding hydrogens is 533 g/mol. The van der Waals surface area contributed by atoms with E-state index in [4.69, 9.17) is 4.74 Å². The lowest BCUT2D eigenvalue weighted by Crippen LogP contribution is -2.44. The molecule has 2 heterocycles. The van der Waals surface area contributed by atoms with Gasteiger partial charge in [-0.2, -0.15) is 0 Å². The predicted octanol–water partition coefficient (Wildman–Crippen LogP) is 5.77. The lowest BCUT2D eigenvalue weighted by Gasteiger charge is -2.37. The van der Waals surface area contributed by atoms with E-state index < -0.39 is 24.4 Å². The molecule has 1 aromatic heterocycles. The summed E-state index contributed by atoms with van der Waals surface area (Å²) in [7, 11) is 1.58. The maximum atomic E-state index is 12.5. The molecule has 0 radical (unpaired) electrons. The Morgan fingerprint density at radius 1 is 1.21 bits per heavy atom. The summed E-state index contributed by atoms with van der Waals surface area (Å²) in [6.07, 6.45) is -2.16. The van der Waals surface area contributed by atoms with E-state index in [1.54, 1.807) is 25.4 Å². The molecule has 39 heavy (non-hydrogen) atoms. The molecule has 0 amide bonds. The van der Waals surface area contributed by atoms with Gasteiger partial charge in [-0.1, -0.05) is 6.07 Å². The number of aromatic nitrogens is 1. The SMILES string of the molecule is COc1ccc2nccc(C(O)CC[C@@H]3CCN(CCSc4cccc(OC(F)(F)F)c4)C[C@@H]3C(=O)O)c2c1. The quantitative estimate of drug-likeness (QED) is 0.284. The maximum absolute atomic E-state index is 12.5. The van der Waals surface area contributed by atoms with Gasteiger partial charge in [0.1, 0.15) is 11.5 Å². The molecule has 0 aliphatic carbocycles. The number of ether oxygens (including phenoxy) is 2. The third-order valence-electron chi connectivity index (χ3n) is 7.02. The molecule has 3 atom stereocenters. The first-order chi connectivity index (χ1) is 18.6. The van der Waals surface area contributed by atoms with Gasteiger partial charge in [0.25, 0.3) is 0 Å². The summed E-state index contributed by atoms with van der Waals surface area (Å²) in [4.78, 5) is 19.2. The van der Waals surface area contributed by atoms with Crippen LogP contribution >= 0.6 is 11.8 Å². The van der Waals surface area contributed by atoms with Crippen molar-refractivity contribution in [1.29, 1.82) is 0 Å². The summed E-state index contributed by atoms with van der Waals surface area (Å²) in [6, 6.07) is 13.1. The topological polar surface area (TPSA) is 92.1 Å². The molecule has 0 saturated carbocycles. The van der Waals surface area contributed by atoms with Gasteiger partial charge in [-0.15, -0.1) is 24.9 Å². The van der Waals surface area contributed by atoms with Crippen molar-refractivity contribution < 1.29 is 37.7 Å². The number of thioether (sulfide) groups is 1. The fourth-order valence-electron chi connectivity index (χ4n) is 5.04. The average molecular weight is 565 g/mol. The highest BCUT2D eigenvalue weighted by atomic mass is 32.2. The third-order valence-corrected chi connectivity index (χ3v) is 8.00. The van der Waals surface area contributed by atoms with E-state index in [2.05, 4.69) is 14.6 Å². The number of carboxylic acids is 1. The van der Waals surface area contributed by atoms with Crippen molar-refractivity contribution in [3.05, 3.63) is 60.3 Å². The Morgan fingerprint density at radius 3 is 2.77 bits per heavy atom. The molecule has 7 nitrogen and oxygen atoms in total. The zero-order valence-corrected chi connectivity index (χ0v) is 22.3. The number of carboxylic acid groups (broad SMARTS) is 1. The van der Waals surface area contributed by atoms with Gasteiger partial charge in [-0.3, -0.25) is 9.78 Å². The number of methoxy groups -OCH3 is 1. The summed E-state index contributed by atoms with van der Waals surface area (Å²) in [6.45, 7) is 1.72. The first kappa shape index (κ1) is 29.0. The number of aliphatic hydroxyl groups excluding tert-OH is 1. The smallest absolute Gasteiger partial charge is 0.497 e. The largest absolute Gasteiger partial charge is 0.573 e. The van der Waals surface area contributed by atoms with E-state index in [1.165, 1.54) is 30.0 Å². The van der Waals surface area contributed by atoms with Crippen LogP contribution in [0.3, 0.4) is 0 Å². The van der Waals surface area contributed by atoms with E-state index in [1.807, 2.05) is 18.2 Å². The summed E-state index contributed by atoms with van der Waals surface area (Å²) in [5, 5.41) is 21.7.